The van der Waals surface area contributed by atoms with E-state index < -0.39 is 0 Å². The molecule has 0 saturated carbocycles. The number of benzene rings is 1. The lowest BCUT2D eigenvalue weighted by atomic mass is 10.0. The Hall–Kier alpha value is -2.51. The minimum atomic E-state index is 0.986. The molecule has 154 valence electrons. The molecule has 4 aromatic rings. The molecule has 30 heavy (non-hydrogen) atoms. The van der Waals surface area contributed by atoms with Crippen LogP contribution in [0.4, 0.5) is 11.4 Å². The highest BCUT2D eigenvalue weighted by molar-refractivity contribution is 8.02. The van der Waals surface area contributed by atoms with E-state index in [9.17, 15) is 0 Å². The van der Waals surface area contributed by atoms with Gasteiger partial charge in [-0.1, -0.05) is 12.1 Å². The second-order valence-corrected chi connectivity index (χ2v) is 10.0. The molecule has 1 aliphatic heterocycles. The molecular weight excluding hydrogens is 410 g/mol. The topological polar surface area (TPSA) is 46.0 Å². The van der Waals surface area contributed by atoms with Crippen LogP contribution in [0.5, 0.6) is 0 Å². The van der Waals surface area contributed by atoms with Gasteiger partial charge < -0.3 is 14.2 Å². The van der Waals surface area contributed by atoms with Gasteiger partial charge in [-0.3, -0.25) is 0 Å². The Morgan fingerprint density at radius 2 is 1.97 bits per heavy atom. The highest BCUT2D eigenvalue weighted by Crippen LogP contribution is 2.38. The lowest BCUT2D eigenvalue weighted by Crippen LogP contribution is -2.17. The summed E-state index contributed by atoms with van der Waals surface area (Å²) in [4.78, 5) is 11.7. The van der Waals surface area contributed by atoms with E-state index in [2.05, 4.69) is 81.6 Å². The van der Waals surface area contributed by atoms with Crippen LogP contribution in [-0.4, -0.2) is 27.6 Å². The van der Waals surface area contributed by atoms with Gasteiger partial charge in [0, 0.05) is 43.8 Å². The van der Waals surface area contributed by atoms with Crippen LogP contribution in [0.1, 0.15) is 23.5 Å². The summed E-state index contributed by atoms with van der Waals surface area (Å²) in [5.74, 6) is 0. The Morgan fingerprint density at radius 3 is 2.73 bits per heavy atom. The van der Waals surface area contributed by atoms with Gasteiger partial charge in [0.25, 0.3) is 0 Å². The van der Waals surface area contributed by atoms with E-state index in [0.29, 0.717) is 0 Å². The number of nitrogens with zero attached hydrogens (tertiary/aromatic N) is 4. The SMILES string of the molecule is Cc1nc(C)c(SNc2ccnc3c2c(-c2cccc(N4CCCC4)c2)cn3C)s1. The third kappa shape index (κ3) is 3.56. The van der Waals surface area contributed by atoms with Crippen molar-refractivity contribution in [3.05, 3.63) is 53.4 Å². The lowest BCUT2D eigenvalue weighted by molar-refractivity contribution is 0.949. The van der Waals surface area contributed by atoms with Crippen LogP contribution in [0.25, 0.3) is 22.2 Å². The highest BCUT2D eigenvalue weighted by Gasteiger charge is 2.17. The molecule has 0 atom stereocenters. The number of aryl methyl sites for hydroxylation is 3. The highest BCUT2D eigenvalue weighted by atomic mass is 32.2. The average Bonchev–Trinajstić information content (AvgIpc) is 3.47. The van der Waals surface area contributed by atoms with E-state index in [0.717, 1.165) is 40.5 Å². The molecule has 3 aromatic heterocycles. The second kappa shape index (κ2) is 7.96. The molecule has 1 aliphatic rings. The first-order chi connectivity index (χ1) is 14.6. The maximum atomic E-state index is 4.66. The smallest absolute Gasteiger partial charge is 0.142 e. The zero-order valence-electron chi connectivity index (χ0n) is 17.5. The summed E-state index contributed by atoms with van der Waals surface area (Å²) >= 11 is 3.36. The number of hydrogen-bond donors (Lipinski definition) is 1. The van der Waals surface area contributed by atoms with Crippen molar-refractivity contribution in [3.8, 4) is 11.1 Å². The van der Waals surface area contributed by atoms with Gasteiger partial charge in [-0.15, -0.1) is 11.3 Å². The number of aromatic nitrogens is 3. The Morgan fingerprint density at radius 1 is 1.13 bits per heavy atom. The maximum absolute atomic E-state index is 4.66. The third-order valence-electron chi connectivity index (χ3n) is 5.60. The number of anilines is 2. The minimum Gasteiger partial charge on any atom is -0.372 e. The van der Waals surface area contributed by atoms with Crippen LogP contribution >= 0.6 is 23.3 Å². The first-order valence-corrected chi connectivity index (χ1v) is 11.9. The zero-order chi connectivity index (χ0) is 20.7. The van der Waals surface area contributed by atoms with Crippen LogP contribution in [-0.2, 0) is 7.05 Å². The predicted molar refractivity (Wildman–Crippen MR) is 129 cm³/mol. The number of rotatable bonds is 5. The Labute approximate surface area is 185 Å². The van der Waals surface area contributed by atoms with E-state index in [1.54, 1.807) is 23.3 Å². The summed E-state index contributed by atoms with van der Waals surface area (Å²) in [5.41, 5.74) is 6.90. The molecule has 1 saturated heterocycles. The largest absolute Gasteiger partial charge is 0.372 e. The Balaban J connectivity index is 1.54. The van der Waals surface area contributed by atoms with Gasteiger partial charge in [0.05, 0.1) is 21.8 Å². The molecular formula is C23H25N5S2. The number of nitrogens with one attached hydrogen (secondary N) is 1. The molecule has 0 unspecified atom stereocenters. The predicted octanol–water partition coefficient (Wildman–Crippen LogP) is 6.03. The van der Waals surface area contributed by atoms with Crippen molar-refractivity contribution >= 4 is 45.7 Å². The molecule has 4 heterocycles. The van der Waals surface area contributed by atoms with Gasteiger partial charge in [-0.2, -0.15) is 0 Å². The summed E-state index contributed by atoms with van der Waals surface area (Å²) in [5, 5.41) is 2.25. The van der Waals surface area contributed by atoms with Crippen molar-refractivity contribution in [3.63, 3.8) is 0 Å². The van der Waals surface area contributed by atoms with Crippen LogP contribution in [0.15, 0.2) is 46.9 Å². The number of pyridine rings is 1. The monoisotopic (exact) mass is 435 g/mol. The summed E-state index contributed by atoms with van der Waals surface area (Å²) in [6.07, 6.45) is 6.63. The van der Waals surface area contributed by atoms with Gasteiger partial charge >= 0.3 is 0 Å². The normalized spacial score (nSPS) is 14.0. The maximum Gasteiger partial charge on any atom is 0.142 e. The number of hydrogen-bond acceptors (Lipinski definition) is 6. The van der Waals surface area contributed by atoms with Crippen LogP contribution in [0, 0.1) is 13.8 Å². The molecule has 1 fully saturated rings. The molecule has 7 heteroatoms. The second-order valence-electron chi connectivity index (χ2n) is 7.77. The standard InChI is InChI=1S/C23H25N5S2/c1-15-23(29-16(2)25-15)30-26-20-9-10-24-22-21(20)19(14-27(22)3)17-7-6-8-18(13-17)28-11-4-5-12-28/h6-10,13-14H,4-5,11-12H2,1-3H3,(H,24,26). The van der Waals surface area contributed by atoms with Crippen molar-refractivity contribution in [1.29, 1.82) is 0 Å². The Kier molecular flexibility index (Phi) is 5.16. The van der Waals surface area contributed by atoms with Crippen LogP contribution in [0.2, 0.25) is 0 Å². The molecule has 1 N–H and O–H groups in total. The fourth-order valence-corrected chi connectivity index (χ4v) is 6.02. The number of fused-ring (bicyclic) bond motifs is 1. The van der Waals surface area contributed by atoms with E-state index in [4.69, 9.17) is 0 Å². The quantitative estimate of drug-likeness (QED) is 0.388. The molecule has 1 aromatic carbocycles. The van der Waals surface area contributed by atoms with Gasteiger partial charge in [-0.25, -0.2) is 9.97 Å². The summed E-state index contributed by atoms with van der Waals surface area (Å²) in [6.45, 7) is 6.41. The fourth-order valence-electron chi connectivity index (χ4n) is 4.16. The van der Waals surface area contributed by atoms with E-state index in [-0.39, 0.29) is 0 Å². The number of thiazole rings is 1. The molecule has 0 spiro atoms. The van der Waals surface area contributed by atoms with Crippen molar-refractivity contribution < 1.29 is 0 Å². The van der Waals surface area contributed by atoms with Crippen LogP contribution < -0.4 is 9.62 Å². The summed E-state index contributed by atoms with van der Waals surface area (Å²) in [6, 6.07) is 11.0. The Bertz CT molecular complexity index is 1200. The van der Waals surface area contributed by atoms with Gasteiger partial charge in [0.15, 0.2) is 0 Å². The van der Waals surface area contributed by atoms with Gasteiger partial charge in [0.2, 0.25) is 0 Å². The molecule has 5 nitrogen and oxygen atoms in total. The molecule has 0 amide bonds. The molecule has 0 aliphatic carbocycles. The lowest BCUT2D eigenvalue weighted by Gasteiger charge is -2.18. The third-order valence-corrected chi connectivity index (χ3v) is 7.77. The minimum absolute atomic E-state index is 0.986. The van der Waals surface area contributed by atoms with Crippen LogP contribution in [0.3, 0.4) is 0 Å². The molecule has 5 rings (SSSR count). The zero-order valence-corrected chi connectivity index (χ0v) is 19.1. The summed E-state index contributed by atoms with van der Waals surface area (Å²) in [7, 11) is 2.07. The van der Waals surface area contributed by atoms with Crippen molar-refractivity contribution in [1.82, 2.24) is 14.5 Å². The first-order valence-electron chi connectivity index (χ1n) is 10.3. The van der Waals surface area contributed by atoms with Crippen molar-refractivity contribution in [2.24, 2.45) is 7.05 Å². The van der Waals surface area contributed by atoms with E-state index in [1.165, 1.54) is 33.9 Å². The molecule has 0 bridgehead atoms. The van der Waals surface area contributed by atoms with Crippen molar-refractivity contribution in [2.75, 3.05) is 22.7 Å². The van der Waals surface area contributed by atoms with Gasteiger partial charge in [0.1, 0.15) is 9.86 Å². The van der Waals surface area contributed by atoms with Crippen molar-refractivity contribution in [2.45, 2.75) is 30.9 Å². The summed E-state index contributed by atoms with van der Waals surface area (Å²) < 4.78 is 6.89. The van der Waals surface area contributed by atoms with E-state index >= 15 is 0 Å². The first kappa shape index (κ1) is 19.5. The van der Waals surface area contributed by atoms with E-state index in [1.807, 2.05) is 6.20 Å². The fraction of sp³-hybridized carbons (Fsp3) is 0.304. The molecule has 0 radical (unpaired) electrons. The van der Waals surface area contributed by atoms with Gasteiger partial charge in [-0.05, 0) is 62.4 Å². The average molecular weight is 436 g/mol.